The molecule has 3 aliphatic rings. The molecular weight excluding hydrogens is 526 g/mol. The summed E-state index contributed by atoms with van der Waals surface area (Å²) in [6.07, 6.45) is 33.8. The molecule has 188 valence electrons. The number of unbranched alkanes of at least 4 members (excludes halogenated alkanes) is 9. The van der Waals surface area contributed by atoms with E-state index in [4.69, 9.17) is 5.11 Å². The Balaban J connectivity index is 1.42. The van der Waals surface area contributed by atoms with Gasteiger partial charge in [0.05, 0.1) is 0 Å². The van der Waals surface area contributed by atoms with E-state index in [2.05, 4.69) is 22.0 Å². The summed E-state index contributed by atoms with van der Waals surface area (Å²) in [5.74, 6) is -0.640. The van der Waals surface area contributed by atoms with E-state index >= 15 is 0 Å². The van der Waals surface area contributed by atoms with Crippen molar-refractivity contribution in [3.63, 3.8) is 0 Å². The van der Waals surface area contributed by atoms with Crippen LogP contribution in [0.25, 0.3) is 0 Å². The van der Waals surface area contributed by atoms with E-state index in [1.807, 2.05) is 0 Å². The van der Waals surface area contributed by atoms with E-state index in [-0.39, 0.29) is 0 Å². The van der Waals surface area contributed by atoms with Crippen LogP contribution >= 0.6 is 26.3 Å². The molecule has 0 spiro atoms. The van der Waals surface area contributed by atoms with Gasteiger partial charge in [-0.25, -0.2) is 0 Å². The van der Waals surface area contributed by atoms with Gasteiger partial charge in [0.1, 0.15) is 0 Å². The van der Waals surface area contributed by atoms with Crippen molar-refractivity contribution in [3.8, 4) is 0 Å². The summed E-state index contributed by atoms with van der Waals surface area (Å²) in [6, 6.07) is 0. The maximum absolute atomic E-state index is 10.6. The molecule has 0 unspecified atom stereocenters. The molecule has 4 heteroatoms. The first kappa shape index (κ1) is 27.2. The number of halogens is 1. The van der Waals surface area contributed by atoms with Crippen molar-refractivity contribution in [2.75, 3.05) is 6.16 Å². The molecule has 2 nitrogen and oxygen atoms in total. The zero-order valence-corrected chi connectivity index (χ0v) is 23.9. The van der Waals surface area contributed by atoms with Crippen molar-refractivity contribution in [1.29, 1.82) is 0 Å². The summed E-state index contributed by atoms with van der Waals surface area (Å²) >= 11 is 3.30. The Morgan fingerprint density at radius 3 is 1.25 bits per heavy atom. The third-order valence-corrected chi connectivity index (χ3v) is 26.0. The van der Waals surface area contributed by atoms with Gasteiger partial charge in [-0.3, -0.25) is 4.79 Å². The molecule has 0 radical (unpaired) electrons. The van der Waals surface area contributed by atoms with Gasteiger partial charge >= 0.3 is 203 Å². The molecule has 1 N–H and O–H groups in total. The van der Waals surface area contributed by atoms with Crippen LogP contribution in [0.15, 0.2) is 0 Å². The second-order valence-electron chi connectivity index (χ2n) is 11.6. The Hall–Kier alpha value is 0.630. The van der Waals surface area contributed by atoms with E-state index < -0.39 is 10.2 Å². The quantitative estimate of drug-likeness (QED) is 0.112. The predicted octanol–water partition coefficient (Wildman–Crippen LogP) is 10.1. The molecule has 0 atom stereocenters. The topological polar surface area (TPSA) is 37.3 Å². The standard InChI is InChI=1S/C28H52IO2P/c29-32(25-17-10-11-18-25,26-19-12-13-20-26,27-21-14-15-22-27)24-16-8-6-4-2-1-3-5-7-9-23-28(30)31/h25-27H,1-24H2,(H,30,31). The molecule has 32 heavy (non-hydrogen) atoms. The van der Waals surface area contributed by atoms with Crippen LogP contribution in [0.1, 0.15) is 148 Å². The summed E-state index contributed by atoms with van der Waals surface area (Å²) in [5.41, 5.74) is 3.40. The number of carboxylic acid groups (broad SMARTS) is 1. The van der Waals surface area contributed by atoms with Crippen LogP contribution in [-0.2, 0) is 4.79 Å². The number of carbonyl (C=O) groups is 1. The normalized spacial score (nSPS) is 22.5. The first-order chi connectivity index (χ1) is 15.6. The van der Waals surface area contributed by atoms with E-state index in [1.165, 1.54) is 89.9 Å². The number of aliphatic carboxylic acids is 1. The van der Waals surface area contributed by atoms with Crippen molar-refractivity contribution in [2.45, 2.75) is 165 Å². The maximum atomic E-state index is 10.6. The molecule has 0 amide bonds. The van der Waals surface area contributed by atoms with Crippen LogP contribution < -0.4 is 0 Å². The number of rotatable bonds is 16. The molecule has 0 aromatic heterocycles. The fraction of sp³-hybridized carbons (Fsp3) is 0.964. The minimum absolute atomic E-state index is 0.352. The Kier molecular flexibility index (Phi) is 11.6. The summed E-state index contributed by atoms with van der Waals surface area (Å²) in [5, 5.41) is 8.71. The zero-order valence-electron chi connectivity index (χ0n) is 20.9. The summed E-state index contributed by atoms with van der Waals surface area (Å²) in [6.45, 7) is 0. The molecule has 3 rings (SSSR count). The van der Waals surface area contributed by atoms with Crippen molar-refractivity contribution in [3.05, 3.63) is 0 Å². The Labute approximate surface area is 212 Å². The van der Waals surface area contributed by atoms with Crippen molar-refractivity contribution in [1.82, 2.24) is 0 Å². The average molecular weight is 579 g/mol. The van der Waals surface area contributed by atoms with Gasteiger partial charge in [0, 0.05) is 0 Å². The van der Waals surface area contributed by atoms with Crippen LogP contribution in [0.3, 0.4) is 0 Å². The summed E-state index contributed by atoms with van der Waals surface area (Å²) < 4.78 is -1.68. The summed E-state index contributed by atoms with van der Waals surface area (Å²) in [4.78, 5) is 10.6. The van der Waals surface area contributed by atoms with E-state index in [1.54, 1.807) is 44.7 Å². The number of hydrogen-bond acceptors (Lipinski definition) is 1. The minimum atomic E-state index is -1.68. The second kappa shape index (κ2) is 13.6. The monoisotopic (exact) mass is 578 g/mol. The molecule has 0 aromatic carbocycles. The average Bonchev–Trinajstić information content (AvgIpc) is 3.57. The SMILES string of the molecule is O=C(O)CCCCCCCCCCCCP(I)(C1CCCC1)(C1CCCC1)C1CCCC1. The van der Waals surface area contributed by atoms with Crippen LogP contribution in [-0.4, -0.2) is 34.2 Å². The van der Waals surface area contributed by atoms with Crippen LogP contribution in [0.4, 0.5) is 0 Å². The molecule has 0 heterocycles. The van der Waals surface area contributed by atoms with E-state index in [0.717, 1.165) is 29.8 Å². The first-order valence-electron chi connectivity index (χ1n) is 14.5. The first-order valence-corrected chi connectivity index (χ1v) is 19.9. The van der Waals surface area contributed by atoms with Gasteiger partial charge in [0.15, 0.2) is 0 Å². The number of hydrogen-bond donors (Lipinski definition) is 1. The van der Waals surface area contributed by atoms with Gasteiger partial charge in [0.2, 0.25) is 0 Å². The third-order valence-electron chi connectivity index (χ3n) is 9.70. The molecule has 0 aromatic rings. The van der Waals surface area contributed by atoms with Crippen LogP contribution in [0.5, 0.6) is 0 Å². The van der Waals surface area contributed by atoms with Gasteiger partial charge in [-0.05, 0) is 0 Å². The Bertz CT molecular complexity index is 504. The summed E-state index contributed by atoms with van der Waals surface area (Å²) in [7, 11) is 0. The third kappa shape index (κ3) is 6.86. The van der Waals surface area contributed by atoms with Gasteiger partial charge < -0.3 is 5.11 Å². The van der Waals surface area contributed by atoms with Gasteiger partial charge in [-0.1, -0.05) is 0 Å². The van der Waals surface area contributed by atoms with Crippen molar-refractivity contribution in [2.24, 2.45) is 0 Å². The molecule has 3 fully saturated rings. The fourth-order valence-corrected chi connectivity index (χ4v) is 22.4. The number of carboxylic acids is 1. The Morgan fingerprint density at radius 1 is 0.594 bits per heavy atom. The van der Waals surface area contributed by atoms with Gasteiger partial charge in [-0.15, -0.1) is 0 Å². The van der Waals surface area contributed by atoms with Crippen molar-refractivity contribution >= 4 is 32.3 Å². The van der Waals surface area contributed by atoms with Gasteiger partial charge in [-0.2, -0.15) is 0 Å². The zero-order chi connectivity index (χ0) is 22.7. The molecule has 3 saturated carbocycles. The molecular formula is C28H52IO2P. The van der Waals surface area contributed by atoms with E-state index in [0.29, 0.717) is 6.42 Å². The molecule has 0 bridgehead atoms. The molecule has 0 saturated heterocycles. The van der Waals surface area contributed by atoms with Crippen molar-refractivity contribution < 1.29 is 9.90 Å². The Morgan fingerprint density at radius 2 is 0.906 bits per heavy atom. The second-order valence-corrected chi connectivity index (χ2v) is 24.1. The molecule has 3 aliphatic carbocycles. The van der Waals surface area contributed by atoms with Crippen LogP contribution in [0.2, 0.25) is 0 Å². The molecule has 0 aliphatic heterocycles. The fourth-order valence-electron chi connectivity index (χ4n) is 8.03. The predicted molar refractivity (Wildman–Crippen MR) is 151 cm³/mol. The van der Waals surface area contributed by atoms with Gasteiger partial charge in [0.25, 0.3) is 0 Å². The van der Waals surface area contributed by atoms with E-state index in [9.17, 15) is 4.79 Å². The van der Waals surface area contributed by atoms with Crippen LogP contribution in [0, 0.1) is 0 Å².